The van der Waals surface area contributed by atoms with Crippen molar-refractivity contribution in [1.82, 2.24) is 10.3 Å². The number of anilines is 2. The number of hydrogen-bond donors (Lipinski definition) is 2. The summed E-state index contributed by atoms with van der Waals surface area (Å²) in [4.78, 5) is 36.2. The molecule has 7 heteroatoms. The van der Waals surface area contributed by atoms with E-state index in [2.05, 4.69) is 20.6 Å². The van der Waals surface area contributed by atoms with Gasteiger partial charge in [0.2, 0.25) is 6.17 Å². The number of para-hydroxylation sites is 1. The molecule has 2 heterocycles. The molecule has 30 heavy (non-hydrogen) atoms. The van der Waals surface area contributed by atoms with Crippen LogP contribution in [0.2, 0.25) is 0 Å². The first-order chi connectivity index (χ1) is 14.5. The fourth-order valence-electron chi connectivity index (χ4n) is 3.34. The molecule has 1 aromatic heterocycles. The van der Waals surface area contributed by atoms with E-state index in [1.807, 2.05) is 67.6 Å². The topological polar surface area (TPSA) is 86.7 Å². The number of amides is 3. The van der Waals surface area contributed by atoms with E-state index in [1.54, 1.807) is 19.3 Å². The molecule has 150 valence electrons. The molecule has 2 N–H and O–H groups in total. The summed E-state index contributed by atoms with van der Waals surface area (Å²) in [6.07, 6.45) is 0.577. The van der Waals surface area contributed by atoms with Crippen LogP contribution < -0.4 is 15.5 Å². The smallest absolute Gasteiger partial charge is 0.311 e. The summed E-state index contributed by atoms with van der Waals surface area (Å²) in [7, 11) is 1.67. The van der Waals surface area contributed by atoms with Crippen LogP contribution in [0.4, 0.5) is 16.2 Å². The number of benzene rings is 2. The Bertz CT molecular complexity index is 1130. The lowest BCUT2D eigenvalue weighted by atomic mass is 10.0. The van der Waals surface area contributed by atoms with Gasteiger partial charge in [-0.15, -0.1) is 0 Å². The first-order valence-electron chi connectivity index (χ1n) is 9.53. The lowest BCUT2D eigenvalue weighted by Crippen LogP contribution is -2.47. The van der Waals surface area contributed by atoms with Gasteiger partial charge in [0.25, 0.3) is 5.91 Å². The largest absolute Gasteiger partial charge is 0.321 e. The van der Waals surface area contributed by atoms with E-state index in [0.717, 1.165) is 11.1 Å². The summed E-state index contributed by atoms with van der Waals surface area (Å²) >= 11 is 0. The van der Waals surface area contributed by atoms with Crippen molar-refractivity contribution >= 4 is 29.0 Å². The van der Waals surface area contributed by atoms with Crippen LogP contribution in [0.5, 0.6) is 0 Å². The minimum atomic E-state index is -1.09. The molecule has 0 aliphatic carbocycles. The molecule has 0 saturated heterocycles. The molecule has 3 aromatic rings. The van der Waals surface area contributed by atoms with Gasteiger partial charge in [-0.05, 0) is 42.8 Å². The Morgan fingerprint density at radius 3 is 2.60 bits per heavy atom. The second-order valence-electron chi connectivity index (χ2n) is 6.98. The summed E-state index contributed by atoms with van der Waals surface area (Å²) in [5.41, 5.74) is 4.30. The van der Waals surface area contributed by atoms with Gasteiger partial charge in [-0.3, -0.25) is 9.78 Å². The van der Waals surface area contributed by atoms with Gasteiger partial charge in [-0.25, -0.2) is 9.79 Å². The van der Waals surface area contributed by atoms with Crippen LogP contribution in [0.1, 0.15) is 16.8 Å². The normalized spacial score (nSPS) is 15.7. The monoisotopic (exact) mass is 399 g/mol. The standard InChI is InChI=1S/C23H21N5O2/c1-15-8-7-9-16(14-15)25-23(30)27-21-22(29)28(2)19-12-4-3-10-17(19)20(26-21)18-11-5-6-13-24-18/h3-14,21H,1-2H3,(H2,25,27,30)/t21-/m0/s1. The van der Waals surface area contributed by atoms with Gasteiger partial charge in [0.15, 0.2) is 0 Å². The van der Waals surface area contributed by atoms with Gasteiger partial charge in [0.1, 0.15) is 0 Å². The lowest BCUT2D eigenvalue weighted by Gasteiger charge is -2.21. The van der Waals surface area contributed by atoms with Crippen LogP contribution in [0.3, 0.4) is 0 Å². The highest BCUT2D eigenvalue weighted by atomic mass is 16.2. The first kappa shape index (κ1) is 19.3. The Kier molecular flexibility index (Phi) is 5.26. The summed E-state index contributed by atoms with van der Waals surface area (Å²) in [6, 6.07) is 19.9. The summed E-state index contributed by atoms with van der Waals surface area (Å²) < 4.78 is 0. The maximum atomic E-state index is 13.1. The van der Waals surface area contributed by atoms with Crippen LogP contribution in [-0.4, -0.2) is 35.8 Å². The van der Waals surface area contributed by atoms with Gasteiger partial charge >= 0.3 is 6.03 Å². The summed E-state index contributed by atoms with van der Waals surface area (Å²) in [6.45, 7) is 1.94. The number of aromatic nitrogens is 1. The van der Waals surface area contributed by atoms with Crippen LogP contribution in [0.15, 0.2) is 77.9 Å². The Balaban J connectivity index is 1.69. The quantitative estimate of drug-likeness (QED) is 0.708. The fourth-order valence-corrected chi connectivity index (χ4v) is 3.34. The number of rotatable bonds is 3. The van der Waals surface area contributed by atoms with Gasteiger partial charge in [0, 0.05) is 24.5 Å². The third-order valence-electron chi connectivity index (χ3n) is 4.79. The predicted molar refractivity (Wildman–Crippen MR) is 117 cm³/mol. The number of nitrogens with one attached hydrogen (secondary N) is 2. The number of nitrogens with zero attached hydrogens (tertiary/aromatic N) is 3. The highest BCUT2D eigenvalue weighted by Crippen LogP contribution is 2.26. The van der Waals surface area contributed by atoms with Crippen molar-refractivity contribution < 1.29 is 9.59 Å². The number of carbonyl (C=O) groups is 2. The second-order valence-corrected chi connectivity index (χ2v) is 6.98. The number of likely N-dealkylation sites (N-methyl/N-ethyl adjacent to an activating group) is 1. The Morgan fingerprint density at radius 1 is 1.03 bits per heavy atom. The number of hydrogen-bond acceptors (Lipinski definition) is 4. The van der Waals surface area contributed by atoms with Crippen molar-refractivity contribution in [2.75, 3.05) is 17.3 Å². The van der Waals surface area contributed by atoms with Gasteiger partial charge in [-0.1, -0.05) is 36.4 Å². The molecular weight excluding hydrogens is 378 g/mol. The SMILES string of the molecule is Cc1cccc(NC(=O)N[C@@H]2N=C(c3ccccn3)c3ccccc3N(C)C2=O)c1. The Labute approximate surface area is 174 Å². The van der Waals surface area contributed by atoms with Crippen molar-refractivity contribution in [1.29, 1.82) is 0 Å². The molecule has 1 aliphatic heterocycles. The van der Waals surface area contributed by atoms with E-state index in [-0.39, 0.29) is 5.91 Å². The number of aliphatic imine (C=N–C) groups is 1. The molecule has 7 nitrogen and oxygen atoms in total. The van der Waals surface area contributed by atoms with Crippen LogP contribution in [0.25, 0.3) is 0 Å². The number of aryl methyl sites for hydroxylation is 1. The Hall–Kier alpha value is -4.00. The highest BCUT2D eigenvalue weighted by molar-refractivity contribution is 6.19. The molecule has 0 fully saturated rings. The molecule has 0 bridgehead atoms. The molecule has 1 aliphatic rings. The lowest BCUT2D eigenvalue weighted by molar-refractivity contribution is -0.119. The first-order valence-corrected chi connectivity index (χ1v) is 9.53. The molecule has 3 amide bonds. The van der Waals surface area contributed by atoms with Crippen LogP contribution >= 0.6 is 0 Å². The second kappa shape index (κ2) is 8.16. The summed E-state index contributed by atoms with van der Waals surface area (Å²) in [5, 5.41) is 5.44. The van der Waals surface area contributed by atoms with E-state index in [4.69, 9.17) is 0 Å². The molecule has 4 rings (SSSR count). The zero-order valence-corrected chi connectivity index (χ0v) is 16.7. The molecule has 1 atom stereocenters. The van der Waals surface area contributed by atoms with Crippen molar-refractivity contribution in [2.45, 2.75) is 13.1 Å². The van der Waals surface area contributed by atoms with E-state index in [0.29, 0.717) is 22.8 Å². The number of urea groups is 1. The number of fused-ring (bicyclic) bond motifs is 1. The molecule has 0 unspecified atom stereocenters. The predicted octanol–water partition coefficient (Wildman–Crippen LogP) is 3.35. The average Bonchev–Trinajstić information content (AvgIpc) is 2.85. The van der Waals surface area contributed by atoms with Crippen LogP contribution in [-0.2, 0) is 4.79 Å². The van der Waals surface area contributed by atoms with E-state index < -0.39 is 12.2 Å². The molecule has 0 spiro atoms. The zero-order chi connectivity index (χ0) is 21.1. The third-order valence-corrected chi connectivity index (χ3v) is 4.79. The Morgan fingerprint density at radius 2 is 1.83 bits per heavy atom. The maximum Gasteiger partial charge on any atom is 0.321 e. The van der Waals surface area contributed by atoms with Crippen molar-refractivity contribution in [3.8, 4) is 0 Å². The number of pyridine rings is 1. The van der Waals surface area contributed by atoms with Gasteiger partial charge in [0.05, 0.1) is 17.1 Å². The third kappa shape index (κ3) is 3.91. The van der Waals surface area contributed by atoms with E-state index in [1.165, 1.54) is 4.90 Å². The van der Waals surface area contributed by atoms with E-state index >= 15 is 0 Å². The average molecular weight is 399 g/mol. The minimum Gasteiger partial charge on any atom is -0.311 e. The maximum absolute atomic E-state index is 13.1. The number of benzodiazepines with no additional fused rings is 1. The van der Waals surface area contributed by atoms with Crippen molar-refractivity contribution in [2.24, 2.45) is 4.99 Å². The van der Waals surface area contributed by atoms with Crippen molar-refractivity contribution in [3.63, 3.8) is 0 Å². The zero-order valence-electron chi connectivity index (χ0n) is 16.7. The fraction of sp³-hybridized carbons (Fsp3) is 0.130. The highest BCUT2D eigenvalue weighted by Gasteiger charge is 2.31. The molecule has 2 aromatic carbocycles. The van der Waals surface area contributed by atoms with Crippen LogP contribution in [0, 0.1) is 6.92 Å². The molecule has 0 radical (unpaired) electrons. The van der Waals surface area contributed by atoms with Crippen molar-refractivity contribution in [3.05, 3.63) is 89.7 Å². The minimum absolute atomic E-state index is 0.340. The molecule has 0 saturated carbocycles. The van der Waals surface area contributed by atoms with Gasteiger partial charge in [-0.2, -0.15) is 0 Å². The van der Waals surface area contributed by atoms with E-state index in [9.17, 15) is 9.59 Å². The molecular formula is C23H21N5O2. The number of carbonyl (C=O) groups excluding carboxylic acids is 2. The van der Waals surface area contributed by atoms with Gasteiger partial charge < -0.3 is 15.5 Å². The summed E-state index contributed by atoms with van der Waals surface area (Å²) in [5.74, 6) is -0.340.